The second-order valence-electron chi connectivity index (χ2n) is 6.46. The van der Waals surface area contributed by atoms with Crippen LogP contribution in [0.15, 0.2) is 58.7 Å². The van der Waals surface area contributed by atoms with Gasteiger partial charge in [-0.1, -0.05) is 49.2 Å². The summed E-state index contributed by atoms with van der Waals surface area (Å²) in [5, 5.41) is 12.5. The zero-order chi connectivity index (χ0) is 18.4. The van der Waals surface area contributed by atoms with Gasteiger partial charge in [0.2, 0.25) is 0 Å². The number of nitriles is 1. The maximum Gasteiger partial charge on any atom is 0.262 e. The third-order valence-corrected chi connectivity index (χ3v) is 5.15. The third-order valence-electron chi connectivity index (χ3n) is 4.71. The molecule has 1 aromatic heterocycles. The van der Waals surface area contributed by atoms with E-state index in [1.807, 2.05) is 42.5 Å². The zero-order valence-corrected chi connectivity index (χ0v) is 15.9. The number of pyridine rings is 1. The molecule has 1 fully saturated rings. The number of aromatic nitrogens is 1. The van der Waals surface area contributed by atoms with Gasteiger partial charge in [0, 0.05) is 0 Å². The quantitative estimate of drug-likeness (QED) is 0.438. The van der Waals surface area contributed by atoms with Crippen LogP contribution in [0.4, 0.5) is 0 Å². The van der Waals surface area contributed by atoms with E-state index in [-0.39, 0.29) is 17.5 Å². The molecule has 0 bridgehead atoms. The van der Waals surface area contributed by atoms with Crippen LogP contribution >= 0.6 is 15.9 Å². The van der Waals surface area contributed by atoms with Crippen LogP contribution in [-0.2, 0) is 4.79 Å². The number of carbonyl (C=O) groups excluding carboxylic acids is 1. The summed E-state index contributed by atoms with van der Waals surface area (Å²) in [5.74, 6) is 0.0558. The Morgan fingerprint density at radius 1 is 1.19 bits per heavy atom. The van der Waals surface area contributed by atoms with Gasteiger partial charge in [-0.15, -0.1) is 0 Å². The van der Waals surface area contributed by atoms with Crippen LogP contribution in [0, 0.1) is 17.2 Å². The summed E-state index contributed by atoms with van der Waals surface area (Å²) in [5.41, 5.74) is 1.73. The number of rotatable bonds is 5. The highest BCUT2D eigenvalue weighted by Crippen LogP contribution is 2.35. The number of nitrogens with zero attached hydrogens (tertiary/aromatic N) is 2. The molecule has 1 N–H and O–H groups in total. The minimum atomic E-state index is -0.352. The van der Waals surface area contributed by atoms with Crippen LogP contribution in [-0.4, -0.2) is 10.9 Å². The van der Waals surface area contributed by atoms with Crippen molar-refractivity contribution in [1.29, 1.82) is 5.26 Å². The molecular formula is C21H20BrN3O. The summed E-state index contributed by atoms with van der Waals surface area (Å²) in [4.78, 5) is 17.0. The highest BCUT2D eigenvalue weighted by atomic mass is 79.9. The molecule has 1 aliphatic rings. The summed E-state index contributed by atoms with van der Waals surface area (Å²) >= 11 is 3.30. The molecule has 0 saturated heterocycles. The summed E-state index contributed by atoms with van der Waals surface area (Å²) in [6.07, 6.45) is 6.09. The van der Waals surface area contributed by atoms with E-state index >= 15 is 0 Å². The van der Waals surface area contributed by atoms with Gasteiger partial charge in [-0.3, -0.25) is 4.79 Å². The molecule has 1 heterocycles. The minimum Gasteiger partial charge on any atom is -0.344 e. The fourth-order valence-electron chi connectivity index (χ4n) is 3.44. The number of hydrogen-bond acceptors (Lipinski definition) is 3. The molecule has 1 saturated carbocycles. The first-order valence-electron chi connectivity index (χ1n) is 8.77. The Kier molecular flexibility index (Phi) is 6.19. The number of halogens is 1. The molecular weight excluding hydrogens is 390 g/mol. The average molecular weight is 410 g/mol. The van der Waals surface area contributed by atoms with Crippen molar-refractivity contribution in [1.82, 2.24) is 10.3 Å². The third kappa shape index (κ3) is 4.59. The maximum absolute atomic E-state index is 12.8. The summed E-state index contributed by atoms with van der Waals surface area (Å²) < 4.78 is 0.664. The van der Waals surface area contributed by atoms with Crippen molar-refractivity contribution in [2.45, 2.75) is 31.7 Å². The molecule has 1 aromatic carbocycles. The largest absolute Gasteiger partial charge is 0.344 e. The fraction of sp³-hybridized carbons (Fsp3) is 0.286. The number of hydrogen-bond donors (Lipinski definition) is 1. The van der Waals surface area contributed by atoms with E-state index in [2.05, 4.69) is 26.2 Å². The van der Waals surface area contributed by atoms with Crippen LogP contribution in [0.5, 0.6) is 0 Å². The van der Waals surface area contributed by atoms with Crippen LogP contribution in [0.25, 0.3) is 6.08 Å². The number of amides is 1. The standard InChI is InChI=1S/C21H20BrN3O/c22-19-12-6-11-18(24-19)13-17(14-23)21(26)25-20(16-9-4-5-10-16)15-7-2-1-3-8-15/h1-3,6-8,11-13,16,20H,4-5,9-10H2,(H,25,26). The molecule has 132 valence electrons. The Balaban J connectivity index is 1.83. The Bertz CT molecular complexity index is 836. The molecule has 5 heteroatoms. The molecule has 26 heavy (non-hydrogen) atoms. The SMILES string of the molecule is N#CC(=Cc1cccc(Br)n1)C(=O)NC(c1ccccc1)C1CCCC1. The first kappa shape index (κ1) is 18.3. The first-order chi connectivity index (χ1) is 12.7. The van der Waals surface area contributed by atoms with Gasteiger partial charge in [-0.2, -0.15) is 5.26 Å². The van der Waals surface area contributed by atoms with Gasteiger partial charge < -0.3 is 5.32 Å². The number of carbonyl (C=O) groups is 1. The highest BCUT2D eigenvalue weighted by Gasteiger charge is 2.28. The normalized spacial score (nSPS) is 16.1. The van der Waals surface area contributed by atoms with Gasteiger partial charge in [0.1, 0.15) is 16.2 Å². The van der Waals surface area contributed by atoms with Crippen LogP contribution in [0.3, 0.4) is 0 Å². The molecule has 1 atom stereocenters. The molecule has 1 aliphatic carbocycles. The van der Waals surface area contributed by atoms with Gasteiger partial charge in [-0.05, 0) is 58.5 Å². The van der Waals surface area contributed by atoms with Crippen LogP contribution < -0.4 is 5.32 Å². The average Bonchev–Trinajstić information content (AvgIpc) is 3.19. The molecule has 2 aromatic rings. The predicted molar refractivity (Wildman–Crippen MR) is 105 cm³/mol. The van der Waals surface area contributed by atoms with Gasteiger partial charge in [0.25, 0.3) is 5.91 Å². The number of benzene rings is 1. The Morgan fingerprint density at radius 2 is 1.92 bits per heavy atom. The second kappa shape index (κ2) is 8.77. The lowest BCUT2D eigenvalue weighted by Crippen LogP contribution is -2.33. The van der Waals surface area contributed by atoms with Crippen molar-refractivity contribution in [3.8, 4) is 6.07 Å². The van der Waals surface area contributed by atoms with Gasteiger partial charge in [0.15, 0.2) is 0 Å². The van der Waals surface area contributed by atoms with E-state index in [4.69, 9.17) is 0 Å². The van der Waals surface area contributed by atoms with Gasteiger partial charge in [-0.25, -0.2) is 4.98 Å². The van der Waals surface area contributed by atoms with E-state index in [0.717, 1.165) is 18.4 Å². The number of nitrogens with one attached hydrogen (secondary N) is 1. The Morgan fingerprint density at radius 3 is 2.58 bits per heavy atom. The minimum absolute atomic E-state index is 0.0644. The van der Waals surface area contributed by atoms with E-state index in [1.54, 1.807) is 12.1 Å². The topological polar surface area (TPSA) is 65.8 Å². The second-order valence-corrected chi connectivity index (χ2v) is 7.27. The smallest absolute Gasteiger partial charge is 0.262 e. The van der Waals surface area contributed by atoms with Crippen molar-refractivity contribution in [3.05, 3.63) is 70.0 Å². The zero-order valence-electron chi connectivity index (χ0n) is 14.4. The van der Waals surface area contributed by atoms with Crippen LogP contribution in [0.1, 0.15) is 43.0 Å². The van der Waals surface area contributed by atoms with E-state index in [0.29, 0.717) is 16.2 Å². The van der Waals surface area contributed by atoms with E-state index in [9.17, 15) is 10.1 Å². The van der Waals surface area contributed by atoms with Crippen molar-refractivity contribution in [2.24, 2.45) is 5.92 Å². The maximum atomic E-state index is 12.8. The van der Waals surface area contributed by atoms with Crippen molar-refractivity contribution in [2.75, 3.05) is 0 Å². The van der Waals surface area contributed by atoms with E-state index < -0.39 is 0 Å². The molecule has 0 spiro atoms. The lowest BCUT2D eigenvalue weighted by atomic mass is 9.91. The summed E-state index contributed by atoms with van der Waals surface area (Å²) in [6.45, 7) is 0. The van der Waals surface area contributed by atoms with E-state index in [1.165, 1.54) is 18.9 Å². The highest BCUT2D eigenvalue weighted by molar-refractivity contribution is 9.10. The fourth-order valence-corrected chi connectivity index (χ4v) is 3.80. The summed E-state index contributed by atoms with van der Waals surface area (Å²) in [6, 6.07) is 17.3. The van der Waals surface area contributed by atoms with Crippen molar-refractivity contribution < 1.29 is 4.79 Å². The summed E-state index contributed by atoms with van der Waals surface area (Å²) in [7, 11) is 0. The van der Waals surface area contributed by atoms with Crippen molar-refractivity contribution >= 4 is 27.9 Å². The Hall–Kier alpha value is -2.45. The molecule has 0 aliphatic heterocycles. The Labute approximate surface area is 162 Å². The molecule has 0 radical (unpaired) electrons. The molecule has 4 nitrogen and oxygen atoms in total. The first-order valence-corrected chi connectivity index (χ1v) is 9.57. The van der Waals surface area contributed by atoms with Gasteiger partial charge >= 0.3 is 0 Å². The monoisotopic (exact) mass is 409 g/mol. The molecule has 1 amide bonds. The molecule has 3 rings (SSSR count). The predicted octanol–water partition coefficient (Wildman–Crippen LogP) is 4.80. The van der Waals surface area contributed by atoms with Gasteiger partial charge in [0.05, 0.1) is 11.7 Å². The molecule has 1 unspecified atom stereocenters. The lowest BCUT2D eigenvalue weighted by molar-refractivity contribution is -0.118. The van der Waals surface area contributed by atoms with Crippen LogP contribution in [0.2, 0.25) is 0 Å². The van der Waals surface area contributed by atoms with Crippen molar-refractivity contribution in [3.63, 3.8) is 0 Å². The lowest BCUT2D eigenvalue weighted by Gasteiger charge is -2.25.